The van der Waals surface area contributed by atoms with Crippen molar-refractivity contribution in [3.63, 3.8) is 0 Å². The van der Waals surface area contributed by atoms with Crippen LogP contribution < -0.4 is 5.32 Å². The molecule has 7 heteroatoms. The summed E-state index contributed by atoms with van der Waals surface area (Å²) in [5, 5.41) is 3.45. The van der Waals surface area contributed by atoms with E-state index < -0.39 is 0 Å². The molecule has 0 bridgehead atoms. The SMILES string of the molecule is Cc1cc(Br)c(NC(=O)c2cc(Br)c(Br)s2)cc1Cl. The zero-order chi connectivity index (χ0) is 14.2. The van der Waals surface area contributed by atoms with Gasteiger partial charge in [0.2, 0.25) is 0 Å². The van der Waals surface area contributed by atoms with E-state index in [1.807, 2.05) is 13.0 Å². The average Bonchev–Trinajstić information content (AvgIpc) is 2.67. The van der Waals surface area contributed by atoms with Crippen LogP contribution in [-0.2, 0) is 0 Å². The minimum absolute atomic E-state index is 0.169. The first kappa shape index (κ1) is 15.5. The number of rotatable bonds is 2. The predicted molar refractivity (Wildman–Crippen MR) is 91.6 cm³/mol. The molecule has 0 saturated carbocycles. The van der Waals surface area contributed by atoms with E-state index in [1.54, 1.807) is 12.1 Å². The van der Waals surface area contributed by atoms with Crippen LogP contribution in [0.2, 0.25) is 5.02 Å². The van der Waals surface area contributed by atoms with E-state index in [0.717, 1.165) is 18.3 Å². The second-order valence-corrected chi connectivity index (χ2v) is 8.25. The third kappa shape index (κ3) is 3.61. The average molecular weight is 488 g/mol. The quantitative estimate of drug-likeness (QED) is 0.532. The lowest BCUT2D eigenvalue weighted by Gasteiger charge is -2.08. The highest BCUT2D eigenvalue weighted by Crippen LogP contribution is 2.34. The molecule has 0 unspecified atom stereocenters. The first-order chi connectivity index (χ1) is 8.88. The standard InChI is InChI=1S/C12H7Br3ClNOS/c1-5-2-6(13)9(4-8(5)16)17-12(18)10-3-7(14)11(15)19-10/h2-4H,1H3,(H,17,18). The van der Waals surface area contributed by atoms with Crippen molar-refractivity contribution in [3.05, 3.63) is 46.4 Å². The van der Waals surface area contributed by atoms with Crippen molar-refractivity contribution in [2.75, 3.05) is 5.32 Å². The number of thiophene rings is 1. The Bertz CT molecular complexity index is 637. The Labute approximate surface area is 144 Å². The molecule has 0 spiro atoms. The summed E-state index contributed by atoms with van der Waals surface area (Å²) in [5.41, 5.74) is 1.61. The van der Waals surface area contributed by atoms with Gasteiger partial charge in [-0.05, 0) is 78.5 Å². The third-order valence-corrected chi connectivity index (χ3v) is 6.68. The molecule has 100 valence electrons. The zero-order valence-electron chi connectivity index (χ0n) is 9.56. The first-order valence-corrected chi connectivity index (χ1v) is 8.67. The summed E-state index contributed by atoms with van der Waals surface area (Å²) in [4.78, 5) is 12.7. The number of hydrogen-bond donors (Lipinski definition) is 1. The van der Waals surface area contributed by atoms with Gasteiger partial charge in [0.15, 0.2) is 0 Å². The molecule has 1 N–H and O–H groups in total. The maximum atomic E-state index is 12.1. The van der Waals surface area contributed by atoms with Crippen LogP contribution in [0.5, 0.6) is 0 Å². The van der Waals surface area contributed by atoms with Gasteiger partial charge in [0, 0.05) is 14.0 Å². The number of nitrogens with one attached hydrogen (secondary N) is 1. The van der Waals surface area contributed by atoms with Crippen molar-refractivity contribution >= 4 is 82.3 Å². The predicted octanol–water partition coefficient (Wildman–Crippen LogP) is 6.25. The van der Waals surface area contributed by atoms with Crippen molar-refractivity contribution in [1.29, 1.82) is 0 Å². The largest absolute Gasteiger partial charge is 0.320 e. The molecule has 2 rings (SSSR count). The van der Waals surface area contributed by atoms with E-state index in [1.165, 1.54) is 11.3 Å². The van der Waals surface area contributed by atoms with E-state index in [2.05, 4.69) is 53.1 Å². The summed E-state index contributed by atoms with van der Waals surface area (Å²) in [6.07, 6.45) is 0. The Morgan fingerprint density at radius 1 is 1.21 bits per heavy atom. The van der Waals surface area contributed by atoms with Gasteiger partial charge in [-0.3, -0.25) is 4.79 Å². The molecule has 0 aliphatic carbocycles. The molecule has 1 aromatic carbocycles. The lowest BCUT2D eigenvalue weighted by atomic mass is 10.2. The molecule has 1 amide bonds. The Hall–Kier alpha value is 0.120. The molecule has 1 heterocycles. The van der Waals surface area contributed by atoms with Crippen LogP contribution in [0.4, 0.5) is 5.69 Å². The van der Waals surface area contributed by atoms with Crippen LogP contribution in [0, 0.1) is 6.92 Å². The number of hydrogen-bond acceptors (Lipinski definition) is 2. The molecule has 0 fully saturated rings. The Balaban J connectivity index is 2.26. The van der Waals surface area contributed by atoms with Gasteiger partial charge in [0.1, 0.15) is 0 Å². The molecule has 2 nitrogen and oxygen atoms in total. The number of carbonyl (C=O) groups is 1. The number of benzene rings is 1. The fourth-order valence-corrected chi connectivity index (χ4v) is 4.04. The van der Waals surface area contributed by atoms with Crippen molar-refractivity contribution in [1.82, 2.24) is 0 Å². The fourth-order valence-electron chi connectivity index (χ4n) is 1.38. The van der Waals surface area contributed by atoms with Crippen molar-refractivity contribution in [2.45, 2.75) is 6.92 Å². The van der Waals surface area contributed by atoms with Gasteiger partial charge in [-0.25, -0.2) is 0 Å². The minimum atomic E-state index is -0.169. The van der Waals surface area contributed by atoms with Crippen LogP contribution in [0.3, 0.4) is 0 Å². The molecule has 0 saturated heterocycles. The van der Waals surface area contributed by atoms with Crippen LogP contribution in [0.25, 0.3) is 0 Å². The molecule has 0 radical (unpaired) electrons. The number of halogens is 4. The summed E-state index contributed by atoms with van der Waals surface area (Å²) in [6.45, 7) is 1.91. The van der Waals surface area contributed by atoms with E-state index in [9.17, 15) is 4.79 Å². The molecule has 2 aromatic rings. The highest BCUT2D eigenvalue weighted by molar-refractivity contribution is 9.13. The number of carbonyl (C=O) groups excluding carboxylic acids is 1. The number of aryl methyl sites for hydroxylation is 1. The van der Waals surface area contributed by atoms with Gasteiger partial charge in [-0.1, -0.05) is 11.6 Å². The summed E-state index contributed by atoms with van der Waals surface area (Å²) < 4.78 is 2.56. The summed E-state index contributed by atoms with van der Waals surface area (Å²) in [5.74, 6) is -0.169. The Morgan fingerprint density at radius 2 is 1.89 bits per heavy atom. The molecule has 0 atom stereocenters. The maximum absolute atomic E-state index is 12.1. The van der Waals surface area contributed by atoms with E-state index >= 15 is 0 Å². The minimum Gasteiger partial charge on any atom is -0.320 e. The summed E-state index contributed by atoms with van der Waals surface area (Å²) >= 11 is 17.6. The summed E-state index contributed by atoms with van der Waals surface area (Å²) in [7, 11) is 0. The molecular formula is C12H7Br3ClNOS. The normalized spacial score (nSPS) is 10.6. The van der Waals surface area contributed by atoms with Gasteiger partial charge >= 0.3 is 0 Å². The fraction of sp³-hybridized carbons (Fsp3) is 0.0833. The van der Waals surface area contributed by atoms with Gasteiger partial charge in [0.25, 0.3) is 5.91 Å². The second-order valence-electron chi connectivity index (χ2n) is 3.77. The van der Waals surface area contributed by atoms with E-state index in [-0.39, 0.29) is 5.91 Å². The molecule has 1 aromatic heterocycles. The maximum Gasteiger partial charge on any atom is 0.265 e. The molecule has 19 heavy (non-hydrogen) atoms. The lowest BCUT2D eigenvalue weighted by molar-refractivity contribution is 0.103. The van der Waals surface area contributed by atoms with Crippen LogP contribution in [0.15, 0.2) is 30.9 Å². The monoisotopic (exact) mass is 485 g/mol. The van der Waals surface area contributed by atoms with Crippen LogP contribution >= 0.6 is 70.7 Å². The van der Waals surface area contributed by atoms with Gasteiger partial charge in [0.05, 0.1) is 14.4 Å². The highest BCUT2D eigenvalue weighted by Gasteiger charge is 2.14. The Morgan fingerprint density at radius 3 is 2.47 bits per heavy atom. The van der Waals surface area contributed by atoms with Crippen LogP contribution in [0.1, 0.15) is 15.2 Å². The van der Waals surface area contributed by atoms with E-state index in [4.69, 9.17) is 11.6 Å². The topological polar surface area (TPSA) is 29.1 Å². The smallest absolute Gasteiger partial charge is 0.265 e. The lowest BCUT2D eigenvalue weighted by Crippen LogP contribution is -2.10. The number of anilines is 1. The molecule has 0 aliphatic rings. The van der Waals surface area contributed by atoms with Gasteiger partial charge < -0.3 is 5.32 Å². The van der Waals surface area contributed by atoms with Crippen molar-refractivity contribution in [3.8, 4) is 0 Å². The third-order valence-electron chi connectivity index (χ3n) is 2.37. The highest BCUT2D eigenvalue weighted by atomic mass is 79.9. The second kappa shape index (κ2) is 6.26. The van der Waals surface area contributed by atoms with Crippen molar-refractivity contribution < 1.29 is 4.79 Å². The van der Waals surface area contributed by atoms with Crippen LogP contribution in [-0.4, -0.2) is 5.91 Å². The summed E-state index contributed by atoms with van der Waals surface area (Å²) in [6, 6.07) is 5.38. The molecular weight excluding hydrogens is 481 g/mol. The van der Waals surface area contributed by atoms with Crippen molar-refractivity contribution in [2.24, 2.45) is 0 Å². The first-order valence-electron chi connectivity index (χ1n) is 5.10. The van der Waals surface area contributed by atoms with Gasteiger partial charge in [-0.15, -0.1) is 11.3 Å². The Kier molecular flexibility index (Phi) is 5.11. The van der Waals surface area contributed by atoms with Gasteiger partial charge in [-0.2, -0.15) is 0 Å². The number of amides is 1. The van der Waals surface area contributed by atoms with E-state index in [0.29, 0.717) is 15.6 Å². The zero-order valence-corrected chi connectivity index (χ0v) is 15.9. The molecule has 0 aliphatic heterocycles.